The van der Waals surface area contributed by atoms with Crippen molar-refractivity contribution in [3.05, 3.63) is 0 Å². The second-order valence-electron chi connectivity index (χ2n) is 1.84. The number of halogens is 1. The highest BCUT2D eigenvalue weighted by Gasteiger charge is 2.04. The number of carboxylic acids is 1. The molecule has 3 N–H and O–H groups in total. The summed E-state index contributed by atoms with van der Waals surface area (Å²) in [7, 11) is 0. The number of carboxylic acid groups (broad SMARTS) is 1. The summed E-state index contributed by atoms with van der Waals surface area (Å²) in [6, 6.07) is 0. The van der Waals surface area contributed by atoms with E-state index in [1.807, 2.05) is 10.9 Å². The third-order valence-corrected chi connectivity index (χ3v) is 1.14. The average molecular weight is 286 g/mol. The Kier molecular flexibility index (Phi) is 5.34. The Morgan fingerprint density at radius 2 is 1.75 bits per heavy atom. The van der Waals surface area contributed by atoms with Crippen molar-refractivity contribution < 1.29 is 19.5 Å². The van der Waals surface area contributed by atoms with Crippen LogP contribution in [-0.4, -0.2) is 20.9 Å². The normalized spacial score (nSPS) is 8.75. The van der Waals surface area contributed by atoms with Crippen LogP contribution in [0.4, 0.5) is 4.79 Å². The van der Waals surface area contributed by atoms with Gasteiger partial charge in [-0.15, -0.1) is 0 Å². The Morgan fingerprint density at radius 1 is 1.17 bits per heavy atom. The molecule has 0 heterocycles. The van der Waals surface area contributed by atoms with Gasteiger partial charge in [0.2, 0.25) is 5.91 Å². The predicted octanol–water partition coefficient (Wildman–Crippen LogP) is 0.0270. The molecule has 6 nitrogen and oxygen atoms in total. The van der Waals surface area contributed by atoms with Crippen LogP contribution in [0.3, 0.4) is 0 Å². The molecular formula is C5H7IN2O4. The van der Waals surface area contributed by atoms with E-state index >= 15 is 0 Å². The number of hydrazine groups is 1. The first-order valence-corrected chi connectivity index (χ1v) is 4.06. The Balaban J connectivity index is 3.47. The smallest absolute Gasteiger partial charge is 0.303 e. The summed E-state index contributed by atoms with van der Waals surface area (Å²) >= 11 is 1.44. The van der Waals surface area contributed by atoms with E-state index < -0.39 is 15.8 Å². The number of hydrogen-bond acceptors (Lipinski definition) is 3. The zero-order valence-corrected chi connectivity index (χ0v) is 8.12. The molecule has 0 rings (SSSR count). The molecule has 68 valence electrons. The van der Waals surface area contributed by atoms with Gasteiger partial charge in [-0.1, -0.05) is 0 Å². The molecule has 0 saturated heterocycles. The summed E-state index contributed by atoms with van der Waals surface area (Å²) in [5.74, 6) is -1.58. The molecule has 0 aliphatic rings. The lowest BCUT2D eigenvalue weighted by Crippen LogP contribution is -2.38. The summed E-state index contributed by atoms with van der Waals surface area (Å²) in [5.41, 5.74) is 4.05. The highest BCUT2D eigenvalue weighted by atomic mass is 127. The fraction of sp³-hybridized carbons (Fsp3) is 0.400. The monoisotopic (exact) mass is 286 g/mol. The van der Waals surface area contributed by atoms with Crippen molar-refractivity contribution in [3.8, 4) is 0 Å². The first-order chi connectivity index (χ1) is 5.52. The summed E-state index contributed by atoms with van der Waals surface area (Å²) in [6.07, 6.45) is -0.394. The van der Waals surface area contributed by atoms with Crippen LogP contribution >= 0.6 is 22.6 Å². The van der Waals surface area contributed by atoms with Crippen molar-refractivity contribution in [2.75, 3.05) is 0 Å². The highest BCUT2D eigenvalue weighted by molar-refractivity contribution is 14.1. The minimum Gasteiger partial charge on any atom is -0.481 e. The van der Waals surface area contributed by atoms with Crippen LogP contribution in [0.1, 0.15) is 12.8 Å². The second-order valence-corrected chi connectivity index (χ2v) is 2.82. The molecule has 7 heteroatoms. The van der Waals surface area contributed by atoms with Gasteiger partial charge in [-0.3, -0.25) is 25.2 Å². The number of amides is 2. The molecule has 0 spiro atoms. The minimum atomic E-state index is -1.05. The van der Waals surface area contributed by atoms with Gasteiger partial charge in [-0.2, -0.15) is 0 Å². The van der Waals surface area contributed by atoms with Gasteiger partial charge in [0.05, 0.1) is 6.42 Å². The van der Waals surface area contributed by atoms with Crippen LogP contribution in [0.25, 0.3) is 0 Å². The lowest BCUT2D eigenvalue weighted by Gasteiger charge is -2.01. The van der Waals surface area contributed by atoms with Crippen molar-refractivity contribution in [1.82, 2.24) is 10.9 Å². The van der Waals surface area contributed by atoms with Gasteiger partial charge in [0.1, 0.15) is 0 Å². The molecule has 0 fully saturated rings. The molecule has 0 bridgehead atoms. The summed E-state index contributed by atoms with van der Waals surface area (Å²) in [5, 5.41) is 8.17. The third kappa shape index (κ3) is 7.25. The van der Waals surface area contributed by atoms with Gasteiger partial charge in [-0.05, 0) is 0 Å². The average Bonchev–Trinajstić information content (AvgIpc) is 1.96. The fourth-order valence-electron chi connectivity index (χ4n) is 0.402. The Labute approximate surface area is 81.8 Å². The zero-order chi connectivity index (χ0) is 9.56. The maximum Gasteiger partial charge on any atom is 0.303 e. The number of aliphatic carboxylic acids is 1. The largest absolute Gasteiger partial charge is 0.481 e. The van der Waals surface area contributed by atoms with E-state index in [2.05, 4.69) is 0 Å². The van der Waals surface area contributed by atoms with Gasteiger partial charge in [-0.25, -0.2) is 0 Å². The van der Waals surface area contributed by atoms with E-state index in [1.165, 1.54) is 22.6 Å². The summed E-state index contributed by atoms with van der Waals surface area (Å²) < 4.78 is -0.434. The number of carbonyl (C=O) groups excluding carboxylic acids is 2. The predicted molar refractivity (Wildman–Crippen MR) is 47.6 cm³/mol. The molecule has 0 aromatic heterocycles. The molecule has 0 unspecified atom stereocenters. The molecule has 0 radical (unpaired) electrons. The lowest BCUT2D eigenvalue weighted by atomic mass is 10.3. The van der Waals surface area contributed by atoms with Crippen molar-refractivity contribution in [1.29, 1.82) is 0 Å². The SMILES string of the molecule is O=C(O)CCC(=O)NNC(=O)I. The van der Waals surface area contributed by atoms with Crippen LogP contribution in [-0.2, 0) is 9.59 Å². The minimum absolute atomic E-state index is 0.147. The molecule has 0 aromatic carbocycles. The van der Waals surface area contributed by atoms with Gasteiger partial charge in [0, 0.05) is 29.0 Å². The first kappa shape index (κ1) is 11.1. The van der Waals surface area contributed by atoms with Crippen LogP contribution in [0.2, 0.25) is 0 Å². The number of carbonyl (C=O) groups is 3. The second kappa shape index (κ2) is 5.75. The first-order valence-electron chi connectivity index (χ1n) is 2.98. The lowest BCUT2D eigenvalue weighted by molar-refractivity contribution is -0.138. The Morgan fingerprint density at radius 3 is 2.17 bits per heavy atom. The van der Waals surface area contributed by atoms with Crippen LogP contribution in [0.15, 0.2) is 0 Å². The van der Waals surface area contributed by atoms with E-state index in [4.69, 9.17) is 5.11 Å². The Hall–Kier alpha value is -0.860. The van der Waals surface area contributed by atoms with Gasteiger partial charge >= 0.3 is 5.97 Å². The quantitative estimate of drug-likeness (QED) is 0.295. The van der Waals surface area contributed by atoms with E-state index in [9.17, 15) is 14.4 Å². The number of nitrogens with one attached hydrogen (secondary N) is 2. The van der Waals surface area contributed by atoms with E-state index in [1.54, 1.807) is 0 Å². The van der Waals surface area contributed by atoms with Crippen molar-refractivity contribution in [3.63, 3.8) is 0 Å². The molecule has 0 aromatic rings. The molecule has 2 amide bonds. The molecular weight excluding hydrogens is 279 g/mol. The van der Waals surface area contributed by atoms with Gasteiger partial charge in [0.15, 0.2) is 0 Å². The van der Waals surface area contributed by atoms with Gasteiger partial charge < -0.3 is 5.11 Å². The summed E-state index contributed by atoms with van der Waals surface area (Å²) in [4.78, 5) is 30.9. The number of rotatable bonds is 3. The van der Waals surface area contributed by atoms with Crippen molar-refractivity contribution in [2.45, 2.75) is 12.8 Å². The highest BCUT2D eigenvalue weighted by Crippen LogP contribution is 1.87. The maximum atomic E-state index is 10.7. The third-order valence-electron chi connectivity index (χ3n) is 0.866. The summed E-state index contributed by atoms with van der Waals surface area (Å²) in [6.45, 7) is 0. The standard InChI is InChI=1S/C5H7IN2O4/c6-5(12)8-7-3(9)1-2-4(10)11/h1-2H2,(H,7,9)(H,8,12)(H,10,11). The zero-order valence-electron chi connectivity index (χ0n) is 5.96. The topological polar surface area (TPSA) is 95.5 Å². The molecule has 0 saturated carbocycles. The van der Waals surface area contributed by atoms with Crippen LogP contribution in [0.5, 0.6) is 0 Å². The fourth-order valence-corrected chi connectivity index (χ4v) is 0.537. The van der Waals surface area contributed by atoms with Crippen LogP contribution < -0.4 is 10.9 Å². The number of hydrogen-bond donors (Lipinski definition) is 3. The molecule has 12 heavy (non-hydrogen) atoms. The van der Waals surface area contributed by atoms with Crippen molar-refractivity contribution >= 4 is 38.4 Å². The van der Waals surface area contributed by atoms with E-state index in [-0.39, 0.29) is 12.8 Å². The molecule has 0 aliphatic heterocycles. The van der Waals surface area contributed by atoms with Gasteiger partial charge in [0.25, 0.3) is 3.91 Å². The van der Waals surface area contributed by atoms with E-state index in [0.29, 0.717) is 0 Å². The Bertz CT molecular complexity index is 186. The maximum absolute atomic E-state index is 10.7. The van der Waals surface area contributed by atoms with Crippen molar-refractivity contribution in [2.24, 2.45) is 0 Å². The van der Waals surface area contributed by atoms with E-state index in [0.717, 1.165) is 0 Å². The molecule has 0 atom stereocenters. The van der Waals surface area contributed by atoms with Crippen LogP contribution in [0, 0.1) is 0 Å². The molecule has 0 aliphatic carbocycles.